The first kappa shape index (κ1) is 13.5. The molecule has 1 amide bonds. The minimum Gasteiger partial charge on any atom is -0.389 e. The third-order valence-electron chi connectivity index (χ3n) is 2.15. The van der Waals surface area contributed by atoms with E-state index in [2.05, 4.69) is 0 Å². The first-order valence-electron chi connectivity index (χ1n) is 4.85. The van der Waals surface area contributed by atoms with E-state index in [1.807, 2.05) is 0 Å². The Hall–Kier alpha value is -1.56. The van der Waals surface area contributed by atoms with Gasteiger partial charge in [-0.2, -0.15) is 0 Å². The number of hydrogen-bond donors (Lipinski definition) is 1. The number of carbonyl (C=O) groups excluding carboxylic acids is 1. The van der Waals surface area contributed by atoms with Gasteiger partial charge in [0.1, 0.15) is 4.99 Å². The molecule has 0 aliphatic rings. The van der Waals surface area contributed by atoms with Gasteiger partial charge in [-0.15, -0.1) is 0 Å². The Morgan fingerprint density at radius 1 is 1.47 bits per heavy atom. The summed E-state index contributed by atoms with van der Waals surface area (Å²) in [4.78, 5) is 12.9. The van der Waals surface area contributed by atoms with Crippen LogP contribution >= 0.6 is 12.2 Å². The van der Waals surface area contributed by atoms with Crippen molar-refractivity contribution in [1.82, 2.24) is 4.90 Å². The van der Waals surface area contributed by atoms with Gasteiger partial charge in [-0.1, -0.05) is 24.4 Å². The normalized spacial score (nSPS) is 10.4. The van der Waals surface area contributed by atoms with Gasteiger partial charge in [0.15, 0.2) is 0 Å². The van der Waals surface area contributed by atoms with E-state index in [-0.39, 0.29) is 4.99 Å². The van der Waals surface area contributed by atoms with Crippen molar-refractivity contribution >= 4 is 23.1 Å². The molecule has 0 atom stereocenters. The molecule has 1 aromatic carbocycles. The van der Waals surface area contributed by atoms with Crippen molar-refractivity contribution in [3.05, 3.63) is 35.4 Å². The minimum atomic E-state index is -2.55. The van der Waals surface area contributed by atoms with Gasteiger partial charge in [0.05, 0.1) is 6.54 Å². The van der Waals surface area contributed by atoms with Gasteiger partial charge in [-0.3, -0.25) is 4.79 Å². The molecule has 0 radical (unpaired) electrons. The predicted octanol–water partition coefficient (Wildman–Crippen LogP) is 1.66. The Labute approximate surface area is 103 Å². The molecular weight excluding hydrogens is 246 g/mol. The Bertz CT molecular complexity index is 437. The molecule has 1 rings (SSSR count). The molecule has 0 unspecified atom stereocenters. The van der Waals surface area contributed by atoms with Crippen LogP contribution in [0.3, 0.4) is 0 Å². The average molecular weight is 258 g/mol. The van der Waals surface area contributed by atoms with E-state index in [0.29, 0.717) is 11.1 Å². The van der Waals surface area contributed by atoms with Crippen molar-refractivity contribution in [3.8, 4) is 0 Å². The number of amides is 1. The molecule has 1 aromatic rings. The summed E-state index contributed by atoms with van der Waals surface area (Å²) in [5, 5.41) is 0. The fourth-order valence-corrected chi connectivity index (χ4v) is 1.44. The lowest BCUT2D eigenvalue weighted by Crippen LogP contribution is -2.31. The number of nitrogens with zero attached hydrogens (tertiary/aromatic N) is 1. The standard InChI is InChI=1S/C11H12F2N2OS/c1-15(6-9(12)13)11(16)8-4-2-3-7(5-8)10(14)17/h2-5,9H,6H2,1H3,(H2,14,17). The molecule has 0 heterocycles. The molecule has 0 saturated heterocycles. The molecule has 92 valence electrons. The van der Waals surface area contributed by atoms with Crippen LogP contribution in [-0.4, -0.2) is 35.8 Å². The zero-order chi connectivity index (χ0) is 13.0. The summed E-state index contributed by atoms with van der Waals surface area (Å²) in [7, 11) is 1.32. The van der Waals surface area contributed by atoms with Gasteiger partial charge < -0.3 is 10.6 Å². The van der Waals surface area contributed by atoms with Gasteiger partial charge in [-0.25, -0.2) is 8.78 Å². The van der Waals surface area contributed by atoms with Crippen LogP contribution in [0.15, 0.2) is 24.3 Å². The SMILES string of the molecule is CN(CC(F)F)C(=O)c1cccc(C(N)=S)c1. The summed E-state index contributed by atoms with van der Waals surface area (Å²) in [5.74, 6) is -0.483. The number of rotatable bonds is 4. The summed E-state index contributed by atoms with van der Waals surface area (Å²) in [6.45, 7) is -0.601. The molecule has 0 aromatic heterocycles. The molecule has 3 nitrogen and oxygen atoms in total. The molecule has 2 N–H and O–H groups in total. The fraction of sp³-hybridized carbons (Fsp3) is 0.273. The topological polar surface area (TPSA) is 46.3 Å². The Balaban J connectivity index is 2.89. The van der Waals surface area contributed by atoms with Crippen LogP contribution in [-0.2, 0) is 0 Å². The third kappa shape index (κ3) is 3.74. The number of alkyl halides is 2. The van der Waals surface area contributed by atoms with Crippen molar-refractivity contribution in [2.24, 2.45) is 5.73 Å². The zero-order valence-corrected chi connectivity index (χ0v) is 10.0. The number of carbonyl (C=O) groups is 1. The van der Waals surface area contributed by atoms with Crippen molar-refractivity contribution < 1.29 is 13.6 Å². The first-order chi connectivity index (χ1) is 7.91. The summed E-state index contributed by atoms with van der Waals surface area (Å²) in [6.07, 6.45) is -2.55. The average Bonchev–Trinajstić information content (AvgIpc) is 2.27. The van der Waals surface area contributed by atoms with Gasteiger partial charge in [0.2, 0.25) is 0 Å². The van der Waals surface area contributed by atoms with Gasteiger partial charge >= 0.3 is 0 Å². The monoisotopic (exact) mass is 258 g/mol. The maximum Gasteiger partial charge on any atom is 0.255 e. The lowest BCUT2D eigenvalue weighted by atomic mass is 10.1. The van der Waals surface area contributed by atoms with Crippen molar-refractivity contribution in [3.63, 3.8) is 0 Å². The lowest BCUT2D eigenvalue weighted by Gasteiger charge is -2.16. The number of hydrogen-bond acceptors (Lipinski definition) is 2. The third-order valence-corrected chi connectivity index (χ3v) is 2.39. The summed E-state index contributed by atoms with van der Waals surface area (Å²) >= 11 is 4.78. The quantitative estimate of drug-likeness (QED) is 0.835. The van der Waals surface area contributed by atoms with Crippen LogP contribution in [0.25, 0.3) is 0 Å². The van der Waals surface area contributed by atoms with Crippen LogP contribution in [0, 0.1) is 0 Å². The van der Waals surface area contributed by atoms with E-state index in [1.54, 1.807) is 12.1 Å². The Kier molecular flexibility index (Phi) is 4.51. The summed E-state index contributed by atoms with van der Waals surface area (Å²) in [6, 6.07) is 6.29. The molecule has 17 heavy (non-hydrogen) atoms. The fourth-order valence-electron chi connectivity index (χ4n) is 1.32. The predicted molar refractivity (Wildman–Crippen MR) is 65.3 cm³/mol. The van der Waals surface area contributed by atoms with E-state index in [4.69, 9.17) is 18.0 Å². The van der Waals surface area contributed by atoms with Crippen LogP contribution in [0.2, 0.25) is 0 Å². The van der Waals surface area contributed by atoms with Crippen molar-refractivity contribution in [2.45, 2.75) is 6.43 Å². The van der Waals surface area contributed by atoms with Crippen LogP contribution in [0.4, 0.5) is 8.78 Å². The van der Waals surface area contributed by atoms with E-state index >= 15 is 0 Å². The van der Waals surface area contributed by atoms with E-state index in [0.717, 1.165) is 4.90 Å². The van der Waals surface area contributed by atoms with E-state index < -0.39 is 18.9 Å². The van der Waals surface area contributed by atoms with Crippen molar-refractivity contribution in [2.75, 3.05) is 13.6 Å². The maximum absolute atomic E-state index is 12.1. The van der Waals surface area contributed by atoms with Crippen molar-refractivity contribution in [1.29, 1.82) is 0 Å². The molecule has 0 fully saturated rings. The van der Waals surface area contributed by atoms with E-state index in [9.17, 15) is 13.6 Å². The second-order valence-electron chi connectivity index (χ2n) is 3.52. The zero-order valence-electron chi connectivity index (χ0n) is 9.19. The van der Waals surface area contributed by atoms with Gasteiger partial charge in [0, 0.05) is 18.2 Å². The van der Waals surface area contributed by atoms with Gasteiger partial charge in [0.25, 0.3) is 12.3 Å². The first-order valence-corrected chi connectivity index (χ1v) is 5.26. The molecular formula is C11H12F2N2OS. The lowest BCUT2D eigenvalue weighted by molar-refractivity contribution is 0.0620. The number of halogens is 2. The second kappa shape index (κ2) is 5.67. The molecule has 6 heteroatoms. The summed E-state index contributed by atoms with van der Waals surface area (Å²) in [5.41, 5.74) is 6.25. The highest BCUT2D eigenvalue weighted by atomic mass is 32.1. The Morgan fingerprint density at radius 2 is 2.06 bits per heavy atom. The number of thiocarbonyl (C=S) groups is 1. The molecule has 0 spiro atoms. The summed E-state index contributed by atoms with van der Waals surface area (Å²) < 4.78 is 24.3. The largest absolute Gasteiger partial charge is 0.389 e. The number of nitrogens with two attached hydrogens (primary N) is 1. The van der Waals surface area contributed by atoms with Gasteiger partial charge in [-0.05, 0) is 12.1 Å². The molecule has 0 aliphatic carbocycles. The van der Waals surface area contributed by atoms with Crippen LogP contribution < -0.4 is 5.73 Å². The molecule has 0 bridgehead atoms. The smallest absolute Gasteiger partial charge is 0.255 e. The molecule has 0 saturated carbocycles. The highest BCUT2D eigenvalue weighted by Crippen LogP contribution is 2.09. The highest BCUT2D eigenvalue weighted by Gasteiger charge is 2.16. The van der Waals surface area contributed by atoms with Crippen LogP contribution in [0.1, 0.15) is 15.9 Å². The van der Waals surface area contributed by atoms with E-state index in [1.165, 1.54) is 19.2 Å². The second-order valence-corrected chi connectivity index (χ2v) is 3.96. The molecule has 0 aliphatic heterocycles. The van der Waals surface area contributed by atoms with Crippen LogP contribution in [0.5, 0.6) is 0 Å². The highest BCUT2D eigenvalue weighted by molar-refractivity contribution is 7.80. The number of benzene rings is 1. The Morgan fingerprint density at radius 3 is 2.59 bits per heavy atom. The maximum atomic E-state index is 12.1. The minimum absolute atomic E-state index is 0.163.